The lowest BCUT2D eigenvalue weighted by molar-refractivity contribution is 0.432. The number of nitrogens with zero attached hydrogens (tertiary/aromatic N) is 1. The van der Waals surface area contributed by atoms with Crippen molar-refractivity contribution >= 4 is 27.3 Å². The number of hydrogen-bond donors (Lipinski definition) is 1. The first-order valence-electron chi connectivity index (χ1n) is 4.71. The van der Waals surface area contributed by atoms with Crippen molar-refractivity contribution in [2.24, 2.45) is 0 Å². The average molecular weight is 287 g/mol. The van der Waals surface area contributed by atoms with Crippen LogP contribution in [0, 0.1) is 0 Å². The zero-order chi connectivity index (χ0) is 10.7. The summed E-state index contributed by atoms with van der Waals surface area (Å²) in [6.45, 7) is 3.82. The summed E-state index contributed by atoms with van der Waals surface area (Å²) in [4.78, 5) is 1.10. The lowest BCUT2D eigenvalue weighted by Crippen LogP contribution is -2.11. The van der Waals surface area contributed by atoms with E-state index in [1.54, 1.807) is 17.5 Å². The minimum absolute atomic E-state index is 0.796. The Balaban J connectivity index is 2.24. The van der Waals surface area contributed by atoms with E-state index in [9.17, 15) is 0 Å². The van der Waals surface area contributed by atoms with Crippen LogP contribution < -0.4 is 5.32 Å². The molecule has 0 saturated carbocycles. The first-order valence-corrected chi connectivity index (χ1v) is 6.32. The fourth-order valence-corrected chi connectivity index (χ4v) is 2.68. The Morgan fingerprint density at radius 2 is 2.40 bits per heavy atom. The van der Waals surface area contributed by atoms with Gasteiger partial charge in [0.2, 0.25) is 0 Å². The fraction of sp³-hybridized carbons (Fsp3) is 0.300. The third kappa shape index (κ3) is 2.48. The Morgan fingerprint density at radius 1 is 1.53 bits per heavy atom. The minimum atomic E-state index is 0.796. The molecule has 0 aromatic carbocycles. The summed E-state index contributed by atoms with van der Waals surface area (Å²) < 4.78 is 6.36. The van der Waals surface area contributed by atoms with Crippen molar-refractivity contribution in [2.45, 2.75) is 13.5 Å². The zero-order valence-corrected chi connectivity index (χ0v) is 10.7. The van der Waals surface area contributed by atoms with Gasteiger partial charge in [-0.15, -0.1) is 11.3 Å². The number of rotatable bonds is 4. The predicted octanol–water partition coefficient (Wildman–Crippen LogP) is 3.28. The summed E-state index contributed by atoms with van der Waals surface area (Å²) in [5.41, 5.74) is 1.10. The van der Waals surface area contributed by atoms with E-state index in [2.05, 4.69) is 33.3 Å². The van der Waals surface area contributed by atoms with Crippen molar-refractivity contribution in [2.75, 3.05) is 6.54 Å². The first-order chi connectivity index (χ1) is 7.31. The second-order valence-electron chi connectivity index (χ2n) is 3.06. The van der Waals surface area contributed by atoms with Crippen LogP contribution in [0.15, 0.2) is 26.6 Å². The summed E-state index contributed by atoms with van der Waals surface area (Å²) in [7, 11) is 0. The molecule has 0 unspecified atom stereocenters. The van der Waals surface area contributed by atoms with Gasteiger partial charge in [-0.05, 0) is 34.6 Å². The molecule has 3 nitrogen and oxygen atoms in total. The highest BCUT2D eigenvalue weighted by molar-refractivity contribution is 9.11. The van der Waals surface area contributed by atoms with Crippen LogP contribution in [0.25, 0.3) is 10.6 Å². The molecule has 80 valence electrons. The maximum absolute atomic E-state index is 5.26. The van der Waals surface area contributed by atoms with Gasteiger partial charge in [-0.1, -0.05) is 12.1 Å². The normalized spacial score (nSPS) is 10.8. The zero-order valence-electron chi connectivity index (χ0n) is 8.29. The Morgan fingerprint density at radius 3 is 3.07 bits per heavy atom. The Kier molecular flexibility index (Phi) is 3.56. The lowest BCUT2D eigenvalue weighted by atomic mass is 10.2. The molecule has 5 heteroatoms. The van der Waals surface area contributed by atoms with Gasteiger partial charge in [0.15, 0.2) is 5.76 Å². The molecule has 0 bridgehead atoms. The van der Waals surface area contributed by atoms with Crippen molar-refractivity contribution in [3.05, 3.63) is 27.7 Å². The number of thiophene rings is 1. The molecule has 2 aromatic heterocycles. The SMILES string of the molecule is CCNCc1cnoc1-c1ccc(Br)s1. The van der Waals surface area contributed by atoms with Crippen LogP contribution in [-0.2, 0) is 6.54 Å². The maximum atomic E-state index is 5.26. The third-order valence-electron chi connectivity index (χ3n) is 2.01. The maximum Gasteiger partial charge on any atom is 0.181 e. The van der Waals surface area contributed by atoms with E-state index in [1.165, 1.54) is 0 Å². The van der Waals surface area contributed by atoms with Crippen LogP contribution >= 0.6 is 27.3 Å². The van der Waals surface area contributed by atoms with Crippen LogP contribution in [0.1, 0.15) is 12.5 Å². The van der Waals surface area contributed by atoms with E-state index < -0.39 is 0 Å². The van der Waals surface area contributed by atoms with Gasteiger partial charge in [-0.2, -0.15) is 0 Å². The van der Waals surface area contributed by atoms with E-state index in [1.807, 2.05) is 12.1 Å². The molecule has 0 fully saturated rings. The molecule has 2 aromatic rings. The highest BCUT2D eigenvalue weighted by Gasteiger charge is 2.11. The van der Waals surface area contributed by atoms with Gasteiger partial charge in [0.25, 0.3) is 0 Å². The highest BCUT2D eigenvalue weighted by atomic mass is 79.9. The lowest BCUT2D eigenvalue weighted by Gasteiger charge is -1.99. The van der Waals surface area contributed by atoms with Gasteiger partial charge in [-0.3, -0.25) is 0 Å². The number of aromatic nitrogens is 1. The molecule has 0 spiro atoms. The molecule has 15 heavy (non-hydrogen) atoms. The second-order valence-corrected chi connectivity index (χ2v) is 5.53. The first kappa shape index (κ1) is 10.9. The van der Waals surface area contributed by atoms with E-state index in [4.69, 9.17) is 4.52 Å². The van der Waals surface area contributed by atoms with Crippen LogP contribution in [0.2, 0.25) is 0 Å². The number of hydrogen-bond acceptors (Lipinski definition) is 4. The van der Waals surface area contributed by atoms with Gasteiger partial charge < -0.3 is 9.84 Å². The van der Waals surface area contributed by atoms with Gasteiger partial charge in [0.1, 0.15) is 0 Å². The molecule has 0 aliphatic rings. The van der Waals surface area contributed by atoms with Crippen molar-refractivity contribution in [3.8, 4) is 10.6 Å². The Labute approximate surface area is 101 Å². The summed E-state index contributed by atoms with van der Waals surface area (Å²) in [6, 6.07) is 4.05. The summed E-state index contributed by atoms with van der Waals surface area (Å²) in [5, 5.41) is 7.10. The molecule has 1 N–H and O–H groups in total. The van der Waals surface area contributed by atoms with Crippen LogP contribution in [-0.4, -0.2) is 11.7 Å². The van der Waals surface area contributed by atoms with Crippen molar-refractivity contribution < 1.29 is 4.52 Å². The van der Waals surface area contributed by atoms with Crippen LogP contribution in [0.5, 0.6) is 0 Å². The monoisotopic (exact) mass is 286 g/mol. The summed E-state index contributed by atoms with van der Waals surface area (Å²) >= 11 is 5.08. The topological polar surface area (TPSA) is 38.1 Å². The summed E-state index contributed by atoms with van der Waals surface area (Å²) in [6.07, 6.45) is 1.77. The quantitative estimate of drug-likeness (QED) is 0.937. The molecule has 0 amide bonds. The molecule has 0 radical (unpaired) electrons. The largest absolute Gasteiger partial charge is 0.355 e. The third-order valence-corrected chi connectivity index (χ3v) is 3.63. The van der Waals surface area contributed by atoms with Crippen molar-refractivity contribution in [3.63, 3.8) is 0 Å². The highest BCUT2D eigenvalue weighted by Crippen LogP contribution is 2.33. The number of nitrogens with one attached hydrogen (secondary N) is 1. The average Bonchev–Trinajstić information content (AvgIpc) is 2.82. The smallest absolute Gasteiger partial charge is 0.181 e. The molecule has 2 rings (SSSR count). The van der Waals surface area contributed by atoms with Crippen molar-refractivity contribution in [1.82, 2.24) is 10.5 Å². The Hall–Kier alpha value is -0.650. The van der Waals surface area contributed by atoms with E-state index in [0.717, 1.165) is 33.1 Å². The molecular weight excluding hydrogens is 276 g/mol. The van der Waals surface area contributed by atoms with Crippen LogP contribution in [0.3, 0.4) is 0 Å². The summed E-state index contributed by atoms with van der Waals surface area (Å²) in [5.74, 6) is 0.867. The predicted molar refractivity (Wildman–Crippen MR) is 64.9 cm³/mol. The Bertz CT molecular complexity index is 438. The minimum Gasteiger partial charge on any atom is -0.355 e. The van der Waals surface area contributed by atoms with Crippen LogP contribution in [0.4, 0.5) is 0 Å². The van der Waals surface area contributed by atoms with Gasteiger partial charge in [0, 0.05) is 12.1 Å². The fourth-order valence-electron chi connectivity index (χ4n) is 1.29. The van der Waals surface area contributed by atoms with E-state index >= 15 is 0 Å². The molecular formula is C10H11BrN2OS. The van der Waals surface area contributed by atoms with E-state index in [0.29, 0.717) is 0 Å². The van der Waals surface area contributed by atoms with Gasteiger partial charge in [0.05, 0.1) is 14.9 Å². The standard InChI is InChI=1S/C10H11BrN2OS/c1-2-12-5-7-6-13-14-10(7)8-3-4-9(11)15-8/h3-4,6,12H,2,5H2,1H3. The van der Waals surface area contributed by atoms with Crippen molar-refractivity contribution in [1.29, 1.82) is 0 Å². The van der Waals surface area contributed by atoms with Gasteiger partial charge >= 0.3 is 0 Å². The molecule has 0 aliphatic carbocycles. The van der Waals surface area contributed by atoms with Gasteiger partial charge in [-0.25, -0.2) is 0 Å². The molecule has 0 atom stereocenters. The molecule has 2 heterocycles. The van der Waals surface area contributed by atoms with E-state index in [-0.39, 0.29) is 0 Å². The number of halogens is 1. The molecule has 0 aliphatic heterocycles. The second kappa shape index (κ2) is 4.92. The molecule has 0 saturated heterocycles.